The van der Waals surface area contributed by atoms with Crippen molar-refractivity contribution in [3.05, 3.63) is 23.8 Å². The van der Waals surface area contributed by atoms with Gasteiger partial charge in [-0.05, 0) is 38.3 Å². The largest absolute Gasteiger partial charge is 0.490 e. The topological polar surface area (TPSA) is 61.8 Å². The van der Waals surface area contributed by atoms with Crippen LogP contribution in [-0.4, -0.2) is 42.9 Å². The van der Waals surface area contributed by atoms with Gasteiger partial charge in [0.25, 0.3) is 0 Å². The molecule has 2 aliphatic rings. The van der Waals surface area contributed by atoms with Crippen molar-refractivity contribution < 1.29 is 14.6 Å². The van der Waals surface area contributed by atoms with Gasteiger partial charge in [0.1, 0.15) is 18.5 Å². The Hall–Kier alpha value is -1.30. The van der Waals surface area contributed by atoms with E-state index in [0.29, 0.717) is 32.0 Å². The second-order valence-electron chi connectivity index (χ2n) is 7.10. The third-order valence-electron chi connectivity index (χ3n) is 5.28. The van der Waals surface area contributed by atoms with Gasteiger partial charge in [0.15, 0.2) is 0 Å². The van der Waals surface area contributed by atoms with E-state index < -0.39 is 6.10 Å². The van der Waals surface area contributed by atoms with Crippen LogP contribution in [-0.2, 0) is 11.2 Å². The summed E-state index contributed by atoms with van der Waals surface area (Å²) in [5, 5.41) is 13.7. The van der Waals surface area contributed by atoms with Crippen LogP contribution in [0.2, 0.25) is 0 Å². The van der Waals surface area contributed by atoms with Crippen molar-refractivity contribution in [3.8, 4) is 5.75 Å². The number of nitrogens with zero attached hydrogens (tertiary/aromatic N) is 1. The quantitative estimate of drug-likeness (QED) is 0.760. The number of ether oxygens (including phenoxy) is 1. The molecule has 1 aromatic carbocycles. The van der Waals surface area contributed by atoms with Crippen LogP contribution < -0.4 is 15.0 Å². The fourth-order valence-corrected chi connectivity index (χ4v) is 3.90. The lowest BCUT2D eigenvalue weighted by Gasteiger charge is -2.30. The summed E-state index contributed by atoms with van der Waals surface area (Å²) in [6.07, 6.45) is 7.02. The first-order chi connectivity index (χ1) is 12.2. The first-order valence-corrected chi connectivity index (χ1v) is 9.65. The number of fused-ring (bicyclic) bond motifs is 1. The monoisotopic (exact) mass is 382 g/mol. The standard InChI is InChI=1S/C20H30N2O3.ClH/c1-2-22-18-9-6-10-19(17(18)11-12-20(22)24)25-14-16(23)13-21-15-7-4-3-5-8-15;/h6,9-10,15-16,21,23H,2-5,7-8,11-14H2,1H3;1H. The van der Waals surface area contributed by atoms with Crippen molar-refractivity contribution in [1.82, 2.24) is 5.32 Å². The second-order valence-corrected chi connectivity index (χ2v) is 7.10. The first-order valence-electron chi connectivity index (χ1n) is 9.65. The minimum atomic E-state index is -0.523. The van der Waals surface area contributed by atoms with Crippen LogP contribution in [0.3, 0.4) is 0 Å². The Bertz CT molecular complexity index is 590. The molecule has 1 aliphatic heterocycles. The summed E-state index contributed by atoms with van der Waals surface area (Å²) in [6, 6.07) is 6.37. The Balaban J connectivity index is 0.00000243. The number of halogens is 1. The fraction of sp³-hybridized carbons (Fsp3) is 0.650. The first kappa shape index (κ1) is 21.0. The smallest absolute Gasteiger partial charge is 0.227 e. The average molecular weight is 383 g/mol. The minimum Gasteiger partial charge on any atom is -0.490 e. The van der Waals surface area contributed by atoms with Crippen LogP contribution in [0.15, 0.2) is 18.2 Å². The molecule has 26 heavy (non-hydrogen) atoms. The molecule has 0 spiro atoms. The van der Waals surface area contributed by atoms with E-state index in [9.17, 15) is 9.90 Å². The summed E-state index contributed by atoms with van der Waals surface area (Å²) in [6.45, 7) is 3.50. The maximum absolute atomic E-state index is 12.0. The number of benzene rings is 1. The van der Waals surface area contributed by atoms with Gasteiger partial charge in [-0.2, -0.15) is 0 Å². The Morgan fingerprint density at radius 1 is 1.27 bits per heavy atom. The molecule has 0 radical (unpaired) electrons. The van der Waals surface area contributed by atoms with E-state index in [1.165, 1.54) is 32.1 Å². The Labute approximate surface area is 162 Å². The summed E-state index contributed by atoms with van der Waals surface area (Å²) in [4.78, 5) is 13.9. The van der Waals surface area contributed by atoms with Crippen LogP contribution in [0, 0.1) is 0 Å². The van der Waals surface area contributed by atoms with Gasteiger partial charge < -0.3 is 20.1 Å². The molecule has 3 rings (SSSR count). The van der Waals surface area contributed by atoms with E-state index in [0.717, 1.165) is 17.0 Å². The normalized spacial score (nSPS) is 18.8. The fourth-order valence-electron chi connectivity index (χ4n) is 3.90. The lowest BCUT2D eigenvalue weighted by molar-refractivity contribution is -0.118. The highest BCUT2D eigenvalue weighted by molar-refractivity contribution is 5.96. The van der Waals surface area contributed by atoms with Gasteiger partial charge >= 0.3 is 0 Å². The zero-order valence-corrected chi connectivity index (χ0v) is 16.4. The van der Waals surface area contributed by atoms with Gasteiger partial charge in [-0.15, -0.1) is 12.4 Å². The van der Waals surface area contributed by atoms with Crippen molar-refractivity contribution in [2.75, 3.05) is 24.6 Å². The SMILES string of the molecule is CCN1C(=O)CCc2c(OCC(O)CNC3CCCCC3)cccc21.Cl. The predicted molar refractivity (Wildman–Crippen MR) is 106 cm³/mol. The van der Waals surface area contributed by atoms with Crippen LogP contribution in [0.1, 0.15) is 51.0 Å². The van der Waals surface area contributed by atoms with E-state index in [-0.39, 0.29) is 24.9 Å². The molecule has 1 aliphatic carbocycles. The van der Waals surface area contributed by atoms with Crippen molar-refractivity contribution in [3.63, 3.8) is 0 Å². The highest BCUT2D eigenvalue weighted by atomic mass is 35.5. The molecule has 1 saturated carbocycles. The second kappa shape index (κ2) is 10.1. The number of amides is 1. The number of aliphatic hydroxyl groups excluding tert-OH is 1. The Kier molecular flexibility index (Phi) is 8.19. The highest BCUT2D eigenvalue weighted by Crippen LogP contribution is 2.34. The van der Waals surface area contributed by atoms with Crippen LogP contribution in [0.5, 0.6) is 5.75 Å². The maximum atomic E-state index is 12.0. The zero-order chi connectivity index (χ0) is 17.6. The third-order valence-corrected chi connectivity index (χ3v) is 5.28. The average Bonchev–Trinajstić information content (AvgIpc) is 2.65. The summed E-state index contributed by atoms with van der Waals surface area (Å²) in [5.74, 6) is 0.962. The molecule has 1 heterocycles. The summed E-state index contributed by atoms with van der Waals surface area (Å²) < 4.78 is 5.91. The van der Waals surface area contributed by atoms with Crippen molar-refractivity contribution in [2.24, 2.45) is 0 Å². The number of anilines is 1. The molecule has 5 nitrogen and oxygen atoms in total. The van der Waals surface area contributed by atoms with Crippen molar-refractivity contribution in [2.45, 2.75) is 64.0 Å². The minimum absolute atomic E-state index is 0. The molecular formula is C20H31ClN2O3. The molecular weight excluding hydrogens is 352 g/mol. The van der Waals surface area contributed by atoms with E-state index in [1.807, 2.05) is 30.0 Å². The lowest BCUT2D eigenvalue weighted by atomic mass is 9.95. The molecule has 0 saturated heterocycles. The van der Waals surface area contributed by atoms with Gasteiger partial charge in [-0.25, -0.2) is 0 Å². The highest BCUT2D eigenvalue weighted by Gasteiger charge is 2.25. The molecule has 0 aromatic heterocycles. The number of aliphatic hydroxyl groups is 1. The maximum Gasteiger partial charge on any atom is 0.227 e. The number of nitrogens with one attached hydrogen (secondary N) is 1. The molecule has 1 aromatic rings. The van der Waals surface area contributed by atoms with E-state index in [4.69, 9.17) is 4.74 Å². The Morgan fingerprint density at radius 2 is 2.04 bits per heavy atom. The third kappa shape index (κ3) is 5.12. The van der Waals surface area contributed by atoms with Crippen molar-refractivity contribution in [1.29, 1.82) is 0 Å². The lowest BCUT2D eigenvalue weighted by Crippen LogP contribution is -2.39. The summed E-state index contributed by atoms with van der Waals surface area (Å²) in [7, 11) is 0. The van der Waals surface area contributed by atoms with Crippen molar-refractivity contribution >= 4 is 24.0 Å². The van der Waals surface area contributed by atoms with E-state index in [2.05, 4.69) is 5.32 Å². The number of hydrogen-bond acceptors (Lipinski definition) is 4. The predicted octanol–water partition coefficient (Wildman–Crippen LogP) is 3.07. The van der Waals surface area contributed by atoms with Crippen LogP contribution >= 0.6 is 12.4 Å². The molecule has 0 bridgehead atoms. The van der Waals surface area contributed by atoms with Gasteiger partial charge in [0, 0.05) is 31.1 Å². The molecule has 1 fully saturated rings. The number of rotatable bonds is 7. The van der Waals surface area contributed by atoms with Gasteiger partial charge in [-0.1, -0.05) is 25.3 Å². The Morgan fingerprint density at radius 3 is 2.77 bits per heavy atom. The molecule has 1 atom stereocenters. The number of carbonyl (C=O) groups is 1. The van der Waals surface area contributed by atoms with Crippen LogP contribution in [0.4, 0.5) is 5.69 Å². The molecule has 6 heteroatoms. The molecule has 2 N–H and O–H groups in total. The molecule has 1 amide bonds. The van der Waals surface area contributed by atoms with E-state index in [1.54, 1.807) is 0 Å². The van der Waals surface area contributed by atoms with Gasteiger partial charge in [0.05, 0.1) is 5.69 Å². The van der Waals surface area contributed by atoms with Crippen LogP contribution in [0.25, 0.3) is 0 Å². The van der Waals surface area contributed by atoms with Gasteiger partial charge in [-0.3, -0.25) is 4.79 Å². The van der Waals surface area contributed by atoms with E-state index >= 15 is 0 Å². The number of carbonyl (C=O) groups excluding carboxylic acids is 1. The van der Waals surface area contributed by atoms with Gasteiger partial charge in [0.2, 0.25) is 5.91 Å². The zero-order valence-electron chi connectivity index (χ0n) is 15.6. The summed E-state index contributed by atoms with van der Waals surface area (Å²) >= 11 is 0. The molecule has 146 valence electrons. The summed E-state index contributed by atoms with van der Waals surface area (Å²) in [5.41, 5.74) is 2.03. The number of hydrogen-bond donors (Lipinski definition) is 2. The molecule has 1 unspecified atom stereocenters.